The number of hydrogen-bond donors (Lipinski definition) is 4. The molecule has 94 heavy (non-hydrogen) atoms. The number of aliphatic hydroxyl groups is 4. The molecule has 0 saturated carbocycles. The number of Topliss-reactive ketones (excluding diaryl/α,β-unsaturated/α-hetero) is 1. The molecule has 4 N–H and O–H groups in total. The van der Waals surface area contributed by atoms with E-state index < -0.39 is 21.7 Å². The fourth-order valence-corrected chi connectivity index (χ4v) is 13.0. The van der Waals surface area contributed by atoms with Gasteiger partial charge >= 0.3 is 5.78 Å². The Balaban J connectivity index is 1.49. The van der Waals surface area contributed by atoms with Crippen LogP contribution in [0.5, 0.6) is 11.5 Å². The highest BCUT2D eigenvalue weighted by Gasteiger charge is 2.35. The van der Waals surface area contributed by atoms with Gasteiger partial charge in [-0.3, -0.25) is 9.22 Å². The molecule has 0 atom stereocenters. The number of ketones is 2. The minimum absolute atomic E-state index is 0.0449. The van der Waals surface area contributed by atoms with Gasteiger partial charge in [-0.2, -0.15) is 0 Å². The first kappa shape index (κ1) is 74.6. The van der Waals surface area contributed by atoms with E-state index in [9.17, 15) is 30.3 Å². The van der Waals surface area contributed by atoms with Crippen molar-refractivity contribution in [1.82, 2.24) is 0 Å². The van der Waals surface area contributed by atoms with Crippen molar-refractivity contribution in [3.63, 3.8) is 0 Å². The molecule has 0 amide bonds. The third kappa shape index (κ3) is 19.7. The zero-order valence-corrected chi connectivity index (χ0v) is 59.9. The third-order valence-corrected chi connectivity index (χ3v) is 18.5. The second-order valence-electron chi connectivity index (χ2n) is 30.5. The molecule has 0 fully saturated rings. The van der Waals surface area contributed by atoms with Gasteiger partial charge in [-0.1, -0.05) is 266 Å². The Morgan fingerprint density at radius 1 is 0.479 bits per heavy atom. The van der Waals surface area contributed by atoms with Crippen LogP contribution in [0.1, 0.15) is 259 Å². The number of aliphatic hydroxyl groups excluding tert-OH is 4. The molecule has 7 rings (SSSR count). The minimum atomic E-state index is -0.447. The first-order chi connectivity index (χ1) is 44.8. The van der Waals surface area contributed by atoms with Gasteiger partial charge in [-0.05, 0) is 138 Å². The van der Waals surface area contributed by atoms with Crippen LogP contribution < -0.4 is 20.3 Å². The summed E-state index contributed by atoms with van der Waals surface area (Å²) in [4.78, 5) is 14.4. The van der Waals surface area contributed by atoms with E-state index in [1.807, 2.05) is 48.6 Å². The molecule has 0 aliphatic heterocycles. The first-order valence-corrected chi connectivity index (χ1v) is 35.6. The van der Waals surface area contributed by atoms with Crippen LogP contribution in [0.2, 0.25) is 0 Å². The van der Waals surface area contributed by atoms with E-state index >= 15 is 0 Å². The van der Waals surface area contributed by atoms with Crippen LogP contribution in [0.4, 0.5) is 0 Å². The van der Waals surface area contributed by atoms with Gasteiger partial charge in [0.05, 0.1) is 44.2 Å². The van der Waals surface area contributed by atoms with Crippen LogP contribution in [-0.2, 0) is 33.3 Å². The Hall–Kier alpha value is -6.78. The quantitative estimate of drug-likeness (QED) is 0.0128. The molecule has 5 aromatic carbocycles. The van der Waals surface area contributed by atoms with E-state index in [0.717, 1.165) is 110 Å². The number of fused-ring (bicyclic) bond motifs is 2. The SMILES string of the molecule is CCCCCCCCCCCCOc1c(CO)cc(C#Cc2c3ccc(-c4cc(C(C)(C)C)c([O-])c(C(C)(C)C)c4)cc3c(=C=C=C3C=C(CO)C(=[O+]CCCCCCCCCCCC)C(CO)=C3)c3cc(=C4C=C(C(C)(C)C)C(=O)C(C(C)(C)C)=C4)ccc23)cc1CO. The number of allylic oxidation sites excluding steroid dienone is 7. The van der Waals surface area contributed by atoms with E-state index in [1.54, 1.807) is 0 Å². The molecule has 5 aromatic rings. The molecular formula is C86H112O8. The Kier molecular flexibility index (Phi) is 27.2. The maximum absolute atomic E-state index is 14.4. The van der Waals surface area contributed by atoms with Gasteiger partial charge in [-0.15, -0.1) is 5.75 Å². The van der Waals surface area contributed by atoms with Gasteiger partial charge in [0.2, 0.25) is 0 Å². The molecule has 0 bridgehead atoms. The topological polar surface area (TPSA) is 142 Å². The lowest BCUT2D eigenvalue weighted by molar-refractivity contribution is -0.457. The average Bonchev–Trinajstić information content (AvgIpc) is 0.739. The highest BCUT2D eigenvalue weighted by molar-refractivity contribution is 6.15. The fraction of sp³-hybridized carbons (Fsp3) is 0.512. The van der Waals surface area contributed by atoms with E-state index in [1.165, 1.54) is 89.9 Å². The van der Waals surface area contributed by atoms with Crippen molar-refractivity contribution in [3.05, 3.63) is 162 Å². The van der Waals surface area contributed by atoms with Gasteiger partial charge in [0.25, 0.3) is 6.61 Å². The van der Waals surface area contributed by atoms with Gasteiger partial charge in [0, 0.05) is 50.6 Å². The number of carbonyl (C=O) groups excluding carboxylic acids is 2. The Morgan fingerprint density at radius 2 is 0.947 bits per heavy atom. The summed E-state index contributed by atoms with van der Waals surface area (Å²) in [5.41, 5.74) is 15.2. The van der Waals surface area contributed by atoms with Crippen LogP contribution >= 0.6 is 0 Å². The van der Waals surface area contributed by atoms with Crippen LogP contribution in [0, 0.1) is 22.7 Å². The second kappa shape index (κ2) is 34.2. The molecule has 0 radical (unpaired) electrons. The molecule has 8 heteroatoms. The normalized spacial score (nSPS) is 14.0. The summed E-state index contributed by atoms with van der Waals surface area (Å²) >= 11 is 0. The lowest BCUT2D eigenvalue weighted by Gasteiger charge is -2.34. The summed E-state index contributed by atoms with van der Waals surface area (Å²) in [7, 11) is 0. The fourth-order valence-electron chi connectivity index (χ4n) is 13.0. The smallest absolute Gasteiger partial charge is 0.354 e. The van der Waals surface area contributed by atoms with E-state index in [0.29, 0.717) is 63.4 Å². The maximum Gasteiger partial charge on any atom is 0.354 e. The Bertz CT molecular complexity index is 3810. The number of ether oxygens (including phenoxy) is 1. The van der Waals surface area contributed by atoms with E-state index in [-0.39, 0.29) is 38.0 Å². The van der Waals surface area contributed by atoms with Crippen molar-refractivity contribution >= 4 is 44.4 Å². The van der Waals surface area contributed by atoms with E-state index in [4.69, 9.17) is 9.16 Å². The summed E-state index contributed by atoms with van der Waals surface area (Å²) in [5, 5.41) is 62.9. The molecule has 0 aromatic heterocycles. The van der Waals surface area contributed by atoms with Gasteiger partial charge in [0.1, 0.15) is 5.75 Å². The Labute approximate surface area is 564 Å². The average molecular weight is 1270 g/mol. The van der Waals surface area contributed by atoms with Crippen molar-refractivity contribution in [1.29, 1.82) is 0 Å². The predicted octanol–water partition coefficient (Wildman–Crippen LogP) is 18.0. The number of benzene rings is 5. The lowest BCUT2D eigenvalue weighted by atomic mass is 9.71. The largest absolute Gasteiger partial charge is 0.872 e. The van der Waals surface area contributed by atoms with Crippen LogP contribution in [0.25, 0.3) is 44.0 Å². The second-order valence-corrected chi connectivity index (χ2v) is 30.5. The summed E-state index contributed by atoms with van der Waals surface area (Å²) in [6.07, 6.45) is 31.9. The number of unbranched alkanes of at least 4 members (excludes halogenated alkanes) is 18. The zero-order chi connectivity index (χ0) is 68.4. The molecule has 8 nitrogen and oxygen atoms in total. The van der Waals surface area contributed by atoms with Gasteiger partial charge in [-0.25, -0.2) is 0 Å². The van der Waals surface area contributed by atoms with Crippen molar-refractivity contribution in [2.75, 3.05) is 26.4 Å². The maximum atomic E-state index is 14.4. The molecule has 0 unspecified atom stereocenters. The van der Waals surface area contributed by atoms with Gasteiger partial charge < -0.3 is 30.3 Å². The first-order valence-electron chi connectivity index (χ1n) is 35.6. The Morgan fingerprint density at radius 3 is 1.41 bits per heavy atom. The summed E-state index contributed by atoms with van der Waals surface area (Å²) in [6, 6.07) is 20.5. The van der Waals surface area contributed by atoms with Crippen LogP contribution in [0.3, 0.4) is 0 Å². The van der Waals surface area contributed by atoms with Crippen molar-refractivity contribution in [3.8, 4) is 34.5 Å². The lowest BCUT2D eigenvalue weighted by Crippen LogP contribution is -2.28. The highest BCUT2D eigenvalue weighted by Crippen LogP contribution is 2.43. The highest BCUT2D eigenvalue weighted by atomic mass is 16.5. The van der Waals surface area contributed by atoms with Crippen molar-refractivity contribution in [2.45, 2.75) is 249 Å². The predicted molar refractivity (Wildman–Crippen MR) is 391 cm³/mol. The number of rotatable bonds is 28. The third-order valence-electron chi connectivity index (χ3n) is 18.5. The minimum Gasteiger partial charge on any atom is -0.872 e. The monoisotopic (exact) mass is 1270 g/mol. The van der Waals surface area contributed by atoms with Crippen molar-refractivity contribution in [2.24, 2.45) is 10.8 Å². The summed E-state index contributed by atoms with van der Waals surface area (Å²) in [5.74, 6) is 8.20. The molecule has 0 saturated heterocycles. The van der Waals surface area contributed by atoms with E-state index in [2.05, 4.69) is 157 Å². The molecule has 2 aliphatic rings. The summed E-state index contributed by atoms with van der Waals surface area (Å²) < 4.78 is 12.8. The zero-order valence-electron chi connectivity index (χ0n) is 59.9. The molecule has 504 valence electrons. The van der Waals surface area contributed by atoms with Crippen molar-refractivity contribution < 1.29 is 39.5 Å². The molecule has 0 spiro atoms. The number of hydrogen-bond acceptors (Lipinski definition) is 7. The summed E-state index contributed by atoms with van der Waals surface area (Å²) in [6.45, 7) is 29.2. The van der Waals surface area contributed by atoms with Crippen LogP contribution in [0.15, 0.2) is 119 Å². The molecular weight excluding hydrogens is 1160 g/mol. The number of carbonyl (C=O) groups is 1. The molecule has 0 heterocycles. The standard InChI is InChI=1S/C86H112O8/c1-15-17-19-21-23-25-27-29-31-33-43-93-81-65(55-87)45-59(46-66(81)56-88)35-39-69-70-41-37-61(63-51-75(83(3,4)5)79(91)76(52-63)84(6,7)8)49-73(70)72(74-50-62(38-42-71(69)74)64-53-77(85(9,10)11)80(92)78(54-64)86(12,13)14)40-36-60-47-67(57-89)82(68(48-60)58-90)94-44-34-32-30-28-26-24-22-20-18-16-2/h37-38,41-42,45-54,87-90H,15-34,43-44,55-58H2,1-14H3. The van der Waals surface area contributed by atoms with Gasteiger partial charge in [0.15, 0.2) is 5.78 Å². The van der Waals surface area contributed by atoms with Crippen LogP contribution in [-0.4, -0.2) is 58.4 Å². The molecule has 2 aliphatic carbocycles.